The molecule has 0 unspecified atom stereocenters. The first-order valence-corrected chi connectivity index (χ1v) is 5.52. The zero-order chi connectivity index (χ0) is 12.2. The van der Waals surface area contributed by atoms with Gasteiger partial charge in [-0.25, -0.2) is 0 Å². The van der Waals surface area contributed by atoms with Crippen molar-refractivity contribution in [3.8, 4) is 0 Å². The van der Waals surface area contributed by atoms with E-state index in [1.165, 1.54) is 0 Å². The summed E-state index contributed by atoms with van der Waals surface area (Å²) in [6.45, 7) is 7.10. The molecule has 0 aliphatic rings. The topological polar surface area (TPSA) is 72.9 Å². The summed E-state index contributed by atoms with van der Waals surface area (Å²) in [5, 5.41) is 6.93. The first kappa shape index (κ1) is 12.5. The summed E-state index contributed by atoms with van der Waals surface area (Å²) in [5.41, 5.74) is 5.87. The minimum Gasteiger partial charge on any atom is -0.396 e. The maximum Gasteiger partial charge on any atom is 0.225 e. The van der Waals surface area contributed by atoms with Gasteiger partial charge in [-0.05, 0) is 6.42 Å². The van der Waals surface area contributed by atoms with E-state index in [0.29, 0.717) is 18.8 Å². The van der Waals surface area contributed by atoms with Crippen LogP contribution in [0.4, 0.5) is 5.69 Å². The van der Waals surface area contributed by atoms with Crippen LogP contribution in [-0.2, 0) is 11.3 Å². The first-order valence-electron chi connectivity index (χ1n) is 5.52. The summed E-state index contributed by atoms with van der Waals surface area (Å²) in [6.07, 6.45) is 4.17. The van der Waals surface area contributed by atoms with E-state index in [4.69, 9.17) is 5.73 Å². The molecule has 0 saturated heterocycles. The van der Waals surface area contributed by atoms with E-state index in [9.17, 15) is 4.79 Å². The van der Waals surface area contributed by atoms with Crippen LogP contribution in [-0.4, -0.2) is 22.2 Å². The smallest absolute Gasteiger partial charge is 0.225 e. The fourth-order valence-corrected chi connectivity index (χ4v) is 1.19. The number of hydrogen-bond donors (Lipinski definition) is 2. The van der Waals surface area contributed by atoms with Crippen LogP contribution in [0.2, 0.25) is 0 Å². The molecule has 0 spiro atoms. The highest BCUT2D eigenvalue weighted by Gasteiger charge is 2.24. The van der Waals surface area contributed by atoms with Gasteiger partial charge in [0.1, 0.15) is 0 Å². The number of nitrogens with two attached hydrogens (primary N) is 1. The molecule has 0 saturated carbocycles. The Morgan fingerprint density at radius 2 is 2.31 bits per heavy atom. The fraction of sp³-hybridized carbons (Fsp3) is 0.636. The lowest BCUT2D eigenvalue weighted by atomic mass is 9.89. The predicted octanol–water partition coefficient (Wildman–Crippen LogP) is 1.02. The molecule has 1 amide bonds. The van der Waals surface area contributed by atoms with E-state index >= 15 is 0 Å². The minimum atomic E-state index is -0.302. The molecule has 0 bridgehead atoms. The molecule has 1 aromatic rings. The number of carbonyl (C=O) groups is 1. The van der Waals surface area contributed by atoms with Crippen LogP contribution in [0.3, 0.4) is 0 Å². The van der Waals surface area contributed by atoms with Gasteiger partial charge in [0.2, 0.25) is 5.91 Å². The number of hydrogen-bond acceptors (Lipinski definition) is 3. The average Bonchev–Trinajstić information content (AvgIpc) is 2.64. The third-order valence-corrected chi connectivity index (χ3v) is 2.78. The molecule has 1 heterocycles. The van der Waals surface area contributed by atoms with Gasteiger partial charge < -0.3 is 11.1 Å². The van der Waals surface area contributed by atoms with Gasteiger partial charge in [0.15, 0.2) is 0 Å². The monoisotopic (exact) mass is 224 g/mol. The van der Waals surface area contributed by atoms with Crippen molar-refractivity contribution in [3.63, 3.8) is 0 Å². The fourth-order valence-electron chi connectivity index (χ4n) is 1.19. The SMILES string of the molecule is CCC(C)(C)C(=O)NCCn1cc(N)cn1. The summed E-state index contributed by atoms with van der Waals surface area (Å²) in [5.74, 6) is 0.0788. The highest BCUT2D eigenvalue weighted by Crippen LogP contribution is 2.19. The van der Waals surface area contributed by atoms with E-state index < -0.39 is 0 Å². The number of aromatic nitrogens is 2. The van der Waals surface area contributed by atoms with Gasteiger partial charge in [0.25, 0.3) is 0 Å². The lowest BCUT2D eigenvalue weighted by molar-refractivity contribution is -0.129. The van der Waals surface area contributed by atoms with Crippen LogP contribution in [0.1, 0.15) is 27.2 Å². The highest BCUT2D eigenvalue weighted by molar-refractivity contribution is 5.81. The van der Waals surface area contributed by atoms with Crippen LogP contribution in [0.15, 0.2) is 12.4 Å². The summed E-state index contributed by atoms with van der Waals surface area (Å²) < 4.78 is 1.72. The van der Waals surface area contributed by atoms with Crippen molar-refractivity contribution in [3.05, 3.63) is 12.4 Å². The van der Waals surface area contributed by atoms with Crippen molar-refractivity contribution in [1.29, 1.82) is 0 Å². The van der Waals surface area contributed by atoms with Crippen molar-refractivity contribution < 1.29 is 4.79 Å². The van der Waals surface area contributed by atoms with E-state index in [-0.39, 0.29) is 11.3 Å². The van der Waals surface area contributed by atoms with E-state index in [0.717, 1.165) is 6.42 Å². The Bertz CT molecular complexity index is 357. The number of anilines is 1. The molecule has 1 aromatic heterocycles. The van der Waals surface area contributed by atoms with Gasteiger partial charge in [0, 0.05) is 18.2 Å². The Labute approximate surface area is 96.0 Å². The second-order valence-corrected chi connectivity index (χ2v) is 4.53. The molecule has 3 N–H and O–H groups in total. The van der Waals surface area contributed by atoms with E-state index in [2.05, 4.69) is 10.4 Å². The van der Waals surface area contributed by atoms with Crippen LogP contribution in [0, 0.1) is 5.41 Å². The van der Waals surface area contributed by atoms with Crippen molar-refractivity contribution in [1.82, 2.24) is 15.1 Å². The van der Waals surface area contributed by atoms with Gasteiger partial charge >= 0.3 is 0 Å². The first-order chi connectivity index (χ1) is 7.45. The Kier molecular flexibility index (Phi) is 3.93. The number of nitrogens with one attached hydrogen (secondary N) is 1. The highest BCUT2D eigenvalue weighted by atomic mass is 16.2. The normalized spacial score (nSPS) is 11.4. The van der Waals surface area contributed by atoms with E-state index in [1.54, 1.807) is 17.1 Å². The van der Waals surface area contributed by atoms with Gasteiger partial charge in [0.05, 0.1) is 18.4 Å². The van der Waals surface area contributed by atoms with Gasteiger partial charge in [-0.2, -0.15) is 5.10 Å². The Balaban J connectivity index is 2.33. The molecule has 1 rings (SSSR count). The van der Waals surface area contributed by atoms with Gasteiger partial charge in [-0.15, -0.1) is 0 Å². The predicted molar refractivity (Wildman–Crippen MR) is 63.7 cm³/mol. The summed E-state index contributed by atoms with van der Waals surface area (Å²) >= 11 is 0. The standard InChI is InChI=1S/C11H20N4O/c1-4-11(2,3)10(16)13-5-6-15-8-9(12)7-14-15/h7-8H,4-6,12H2,1-3H3,(H,13,16). The second kappa shape index (κ2) is 5.01. The molecule has 0 aromatic carbocycles. The number of rotatable bonds is 5. The van der Waals surface area contributed by atoms with Crippen LogP contribution >= 0.6 is 0 Å². The van der Waals surface area contributed by atoms with Gasteiger partial charge in [-0.3, -0.25) is 9.48 Å². The Hall–Kier alpha value is -1.52. The second-order valence-electron chi connectivity index (χ2n) is 4.53. The molecule has 0 aliphatic heterocycles. The number of nitrogen functional groups attached to an aromatic ring is 1. The van der Waals surface area contributed by atoms with Crippen LogP contribution < -0.4 is 11.1 Å². The molecule has 5 nitrogen and oxygen atoms in total. The lowest BCUT2D eigenvalue weighted by Gasteiger charge is -2.21. The Morgan fingerprint density at radius 3 is 2.81 bits per heavy atom. The largest absolute Gasteiger partial charge is 0.396 e. The third-order valence-electron chi connectivity index (χ3n) is 2.78. The average molecular weight is 224 g/mol. The molecule has 16 heavy (non-hydrogen) atoms. The maximum absolute atomic E-state index is 11.7. The van der Waals surface area contributed by atoms with Crippen molar-refractivity contribution in [2.75, 3.05) is 12.3 Å². The Morgan fingerprint density at radius 1 is 1.62 bits per heavy atom. The van der Waals surface area contributed by atoms with Crippen molar-refractivity contribution in [2.24, 2.45) is 5.41 Å². The lowest BCUT2D eigenvalue weighted by Crippen LogP contribution is -2.38. The summed E-state index contributed by atoms with van der Waals surface area (Å²) in [7, 11) is 0. The quantitative estimate of drug-likeness (QED) is 0.784. The van der Waals surface area contributed by atoms with Crippen LogP contribution in [0.5, 0.6) is 0 Å². The van der Waals surface area contributed by atoms with E-state index in [1.807, 2.05) is 20.8 Å². The zero-order valence-electron chi connectivity index (χ0n) is 10.2. The number of carbonyl (C=O) groups excluding carboxylic acids is 1. The summed E-state index contributed by atoms with van der Waals surface area (Å²) in [4.78, 5) is 11.7. The minimum absolute atomic E-state index is 0.0788. The van der Waals surface area contributed by atoms with Crippen molar-refractivity contribution >= 4 is 11.6 Å². The summed E-state index contributed by atoms with van der Waals surface area (Å²) in [6, 6.07) is 0. The van der Waals surface area contributed by atoms with Crippen LogP contribution in [0.25, 0.3) is 0 Å². The van der Waals surface area contributed by atoms with Gasteiger partial charge in [-0.1, -0.05) is 20.8 Å². The number of amides is 1. The van der Waals surface area contributed by atoms with Crippen molar-refractivity contribution in [2.45, 2.75) is 33.7 Å². The molecular weight excluding hydrogens is 204 g/mol. The molecule has 90 valence electrons. The molecular formula is C11H20N4O. The zero-order valence-corrected chi connectivity index (χ0v) is 10.2. The molecule has 0 atom stereocenters. The number of nitrogens with zero attached hydrogens (tertiary/aromatic N) is 2. The maximum atomic E-state index is 11.7. The molecule has 5 heteroatoms. The third kappa shape index (κ3) is 3.25. The molecule has 0 fully saturated rings. The molecule has 0 aliphatic carbocycles. The molecule has 0 radical (unpaired) electrons.